The van der Waals surface area contributed by atoms with Crippen molar-refractivity contribution in [3.8, 4) is 0 Å². The molecule has 3 rings (SSSR count). The van der Waals surface area contributed by atoms with Gasteiger partial charge in [-0.15, -0.1) is 0 Å². The molecule has 0 heterocycles. The Morgan fingerprint density at radius 1 is 0.905 bits per heavy atom. The lowest BCUT2D eigenvalue weighted by atomic mass is 10.1. The summed E-state index contributed by atoms with van der Waals surface area (Å²) in [5.41, 5.74) is 2.34. The summed E-state index contributed by atoms with van der Waals surface area (Å²) in [7, 11) is 0. The Balaban J connectivity index is 1.84. The molecule has 106 valence electrons. The molecule has 21 heavy (non-hydrogen) atoms. The van der Waals surface area contributed by atoms with E-state index in [1.165, 1.54) is 16.3 Å². The van der Waals surface area contributed by atoms with Crippen LogP contribution >= 0.6 is 27.5 Å². The van der Waals surface area contributed by atoms with Gasteiger partial charge in [-0.1, -0.05) is 51.8 Å². The quantitative estimate of drug-likeness (QED) is 0.567. The van der Waals surface area contributed by atoms with E-state index in [-0.39, 0.29) is 6.04 Å². The van der Waals surface area contributed by atoms with E-state index in [0.717, 1.165) is 15.2 Å². The van der Waals surface area contributed by atoms with E-state index in [9.17, 15) is 0 Å². The monoisotopic (exact) mass is 359 g/mol. The van der Waals surface area contributed by atoms with Gasteiger partial charge in [0, 0.05) is 21.2 Å². The van der Waals surface area contributed by atoms with Gasteiger partial charge >= 0.3 is 0 Å². The van der Waals surface area contributed by atoms with Gasteiger partial charge in [-0.3, -0.25) is 0 Å². The average molecular weight is 361 g/mol. The molecule has 1 atom stereocenters. The van der Waals surface area contributed by atoms with E-state index in [2.05, 4.69) is 76.7 Å². The molecular formula is C18H15BrClN. The predicted molar refractivity (Wildman–Crippen MR) is 95.1 cm³/mol. The largest absolute Gasteiger partial charge is 0.379 e. The lowest BCUT2D eigenvalue weighted by Crippen LogP contribution is -2.06. The minimum atomic E-state index is 0.232. The average Bonchev–Trinajstić information content (AvgIpc) is 2.48. The molecule has 3 aromatic rings. The summed E-state index contributed by atoms with van der Waals surface area (Å²) in [6, 6.07) is 20.9. The van der Waals surface area contributed by atoms with Crippen molar-refractivity contribution in [1.29, 1.82) is 0 Å². The normalized spacial score (nSPS) is 12.3. The third-order valence-electron chi connectivity index (χ3n) is 3.56. The zero-order valence-electron chi connectivity index (χ0n) is 11.6. The SMILES string of the molecule is CC(Nc1ccc2cc(Br)ccc2c1)c1ccc(Cl)cc1. The summed E-state index contributed by atoms with van der Waals surface area (Å²) in [4.78, 5) is 0. The number of hydrogen-bond acceptors (Lipinski definition) is 1. The molecule has 0 aromatic heterocycles. The number of rotatable bonds is 3. The van der Waals surface area contributed by atoms with E-state index < -0.39 is 0 Å². The van der Waals surface area contributed by atoms with Gasteiger partial charge in [0.25, 0.3) is 0 Å². The molecule has 0 radical (unpaired) electrons. The van der Waals surface area contributed by atoms with Gasteiger partial charge in [-0.2, -0.15) is 0 Å². The van der Waals surface area contributed by atoms with Crippen LogP contribution in [-0.2, 0) is 0 Å². The van der Waals surface area contributed by atoms with Crippen molar-refractivity contribution in [3.05, 3.63) is 75.7 Å². The molecule has 0 aliphatic heterocycles. The highest BCUT2D eigenvalue weighted by Crippen LogP contribution is 2.26. The van der Waals surface area contributed by atoms with Crippen LogP contribution in [-0.4, -0.2) is 0 Å². The third kappa shape index (κ3) is 3.39. The first-order chi connectivity index (χ1) is 10.1. The van der Waals surface area contributed by atoms with Crippen molar-refractivity contribution in [2.24, 2.45) is 0 Å². The minimum Gasteiger partial charge on any atom is -0.379 e. The molecular weight excluding hydrogens is 346 g/mol. The zero-order chi connectivity index (χ0) is 14.8. The van der Waals surface area contributed by atoms with Gasteiger partial charge < -0.3 is 5.32 Å². The maximum atomic E-state index is 5.93. The van der Waals surface area contributed by atoms with Crippen molar-refractivity contribution >= 4 is 44.0 Å². The maximum absolute atomic E-state index is 5.93. The van der Waals surface area contributed by atoms with E-state index in [4.69, 9.17) is 11.6 Å². The number of hydrogen-bond donors (Lipinski definition) is 1. The first-order valence-electron chi connectivity index (χ1n) is 6.83. The second kappa shape index (κ2) is 6.08. The van der Waals surface area contributed by atoms with Gasteiger partial charge in [0.2, 0.25) is 0 Å². The van der Waals surface area contributed by atoms with Crippen LogP contribution in [0.25, 0.3) is 10.8 Å². The Morgan fingerprint density at radius 3 is 2.33 bits per heavy atom. The molecule has 0 aliphatic rings. The Hall–Kier alpha value is -1.51. The minimum absolute atomic E-state index is 0.232. The van der Waals surface area contributed by atoms with Crippen LogP contribution in [0, 0.1) is 0 Å². The molecule has 0 spiro atoms. The molecule has 0 saturated heterocycles. The number of anilines is 1. The molecule has 0 amide bonds. The molecule has 0 aliphatic carbocycles. The second-order valence-electron chi connectivity index (χ2n) is 5.12. The Morgan fingerprint density at radius 2 is 1.57 bits per heavy atom. The van der Waals surface area contributed by atoms with Crippen LogP contribution in [0.15, 0.2) is 65.1 Å². The summed E-state index contributed by atoms with van der Waals surface area (Å²) in [5.74, 6) is 0. The summed E-state index contributed by atoms with van der Waals surface area (Å²) < 4.78 is 1.10. The zero-order valence-corrected chi connectivity index (χ0v) is 13.9. The van der Waals surface area contributed by atoms with Gasteiger partial charge in [0.1, 0.15) is 0 Å². The smallest absolute Gasteiger partial charge is 0.0485 e. The molecule has 1 N–H and O–H groups in total. The van der Waals surface area contributed by atoms with Gasteiger partial charge in [0.05, 0.1) is 0 Å². The van der Waals surface area contributed by atoms with E-state index >= 15 is 0 Å². The summed E-state index contributed by atoms with van der Waals surface area (Å²) in [5, 5.41) is 6.75. The first-order valence-corrected chi connectivity index (χ1v) is 8.00. The van der Waals surface area contributed by atoms with Gasteiger partial charge in [-0.25, -0.2) is 0 Å². The number of fused-ring (bicyclic) bond motifs is 1. The third-order valence-corrected chi connectivity index (χ3v) is 4.30. The van der Waals surface area contributed by atoms with Gasteiger partial charge in [0.15, 0.2) is 0 Å². The Kier molecular flexibility index (Phi) is 4.18. The summed E-state index contributed by atoms with van der Waals surface area (Å²) >= 11 is 9.43. The Bertz CT molecular complexity index is 768. The fourth-order valence-corrected chi connectivity index (χ4v) is 2.90. The van der Waals surface area contributed by atoms with E-state index in [1.807, 2.05) is 12.1 Å². The summed E-state index contributed by atoms with van der Waals surface area (Å²) in [6.07, 6.45) is 0. The second-order valence-corrected chi connectivity index (χ2v) is 6.48. The fourth-order valence-electron chi connectivity index (χ4n) is 2.39. The van der Waals surface area contributed by atoms with Crippen molar-refractivity contribution in [2.75, 3.05) is 5.32 Å². The topological polar surface area (TPSA) is 12.0 Å². The first kappa shape index (κ1) is 14.4. The molecule has 1 unspecified atom stereocenters. The van der Waals surface area contributed by atoms with Crippen LogP contribution in [0.5, 0.6) is 0 Å². The molecule has 3 aromatic carbocycles. The van der Waals surface area contributed by atoms with Crippen LogP contribution in [0.3, 0.4) is 0 Å². The maximum Gasteiger partial charge on any atom is 0.0485 e. The molecule has 3 heteroatoms. The fraction of sp³-hybridized carbons (Fsp3) is 0.111. The summed E-state index contributed by atoms with van der Waals surface area (Å²) in [6.45, 7) is 2.15. The van der Waals surface area contributed by atoms with E-state index in [0.29, 0.717) is 0 Å². The van der Waals surface area contributed by atoms with E-state index in [1.54, 1.807) is 0 Å². The molecule has 0 bridgehead atoms. The van der Waals surface area contributed by atoms with Crippen LogP contribution < -0.4 is 5.32 Å². The van der Waals surface area contributed by atoms with Crippen molar-refractivity contribution in [1.82, 2.24) is 0 Å². The number of nitrogens with one attached hydrogen (secondary N) is 1. The molecule has 0 saturated carbocycles. The van der Waals surface area contributed by atoms with Crippen molar-refractivity contribution in [3.63, 3.8) is 0 Å². The van der Waals surface area contributed by atoms with Crippen molar-refractivity contribution < 1.29 is 0 Å². The molecule has 0 fully saturated rings. The standard InChI is InChI=1S/C18H15BrClN/c1-12(13-3-7-17(20)8-4-13)21-18-9-5-14-10-16(19)6-2-15(14)11-18/h2-12,21H,1H3. The lowest BCUT2D eigenvalue weighted by Gasteiger charge is -2.16. The number of benzene rings is 3. The van der Waals surface area contributed by atoms with Crippen LogP contribution in [0.2, 0.25) is 5.02 Å². The van der Waals surface area contributed by atoms with Gasteiger partial charge in [-0.05, 0) is 59.7 Å². The Labute approximate surface area is 138 Å². The highest BCUT2D eigenvalue weighted by molar-refractivity contribution is 9.10. The molecule has 1 nitrogen and oxygen atoms in total. The lowest BCUT2D eigenvalue weighted by molar-refractivity contribution is 0.885. The highest BCUT2D eigenvalue weighted by atomic mass is 79.9. The number of halogens is 2. The predicted octanol–water partition coefficient (Wildman–Crippen LogP) is 6.43. The van der Waals surface area contributed by atoms with Crippen molar-refractivity contribution in [2.45, 2.75) is 13.0 Å². The van der Waals surface area contributed by atoms with Crippen LogP contribution in [0.1, 0.15) is 18.5 Å². The van der Waals surface area contributed by atoms with Crippen LogP contribution in [0.4, 0.5) is 5.69 Å². The highest BCUT2D eigenvalue weighted by Gasteiger charge is 2.05.